The third-order valence-corrected chi connectivity index (χ3v) is 11.0. The van der Waals surface area contributed by atoms with E-state index in [9.17, 15) is 0 Å². The summed E-state index contributed by atoms with van der Waals surface area (Å²) in [5.74, 6) is 0. The Labute approximate surface area is 300 Å². The van der Waals surface area contributed by atoms with Gasteiger partial charge in [-0.3, -0.25) is 0 Å². The van der Waals surface area contributed by atoms with Gasteiger partial charge in [-0.25, -0.2) is 0 Å². The van der Waals surface area contributed by atoms with Crippen LogP contribution in [0.3, 0.4) is 0 Å². The van der Waals surface area contributed by atoms with Crippen molar-refractivity contribution in [1.29, 1.82) is 0 Å². The van der Waals surface area contributed by atoms with Crippen LogP contribution < -0.4 is 4.90 Å². The second-order valence-electron chi connectivity index (χ2n) is 12.9. The Kier molecular flexibility index (Phi) is 7.04. The minimum absolute atomic E-state index is 0.899. The van der Waals surface area contributed by atoms with Crippen molar-refractivity contribution in [2.24, 2.45) is 0 Å². The van der Waals surface area contributed by atoms with Gasteiger partial charge in [-0.2, -0.15) is 0 Å². The Morgan fingerprint density at radius 1 is 0.353 bits per heavy atom. The lowest BCUT2D eigenvalue weighted by Gasteiger charge is -2.26. The predicted molar refractivity (Wildman–Crippen MR) is 218 cm³/mol. The molecule has 0 fully saturated rings. The molecule has 2 heterocycles. The van der Waals surface area contributed by atoms with Gasteiger partial charge in [0.05, 0.1) is 0 Å². The van der Waals surface area contributed by atoms with Crippen molar-refractivity contribution in [2.75, 3.05) is 4.90 Å². The summed E-state index contributed by atoms with van der Waals surface area (Å²) < 4.78 is 9.05. The minimum atomic E-state index is 0.899. The van der Waals surface area contributed by atoms with Gasteiger partial charge in [0.2, 0.25) is 0 Å². The summed E-state index contributed by atoms with van der Waals surface area (Å²) >= 11 is 1.85. The maximum absolute atomic E-state index is 6.46. The van der Waals surface area contributed by atoms with Crippen molar-refractivity contribution in [2.45, 2.75) is 0 Å². The first-order valence-electron chi connectivity index (χ1n) is 17.2. The molecule has 240 valence electrons. The highest BCUT2D eigenvalue weighted by molar-refractivity contribution is 7.25. The Morgan fingerprint density at radius 3 is 1.67 bits per heavy atom. The molecule has 0 N–H and O–H groups in total. The molecule has 0 spiro atoms. The summed E-state index contributed by atoms with van der Waals surface area (Å²) in [7, 11) is 0. The highest BCUT2D eigenvalue weighted by atomic mass is 32.1. The van der Waals surface area contributed by atoms with Crippen LogP contribution in [0.25, 0.3) is 75.5 Å². The lowest BCUT2D eigenvalue weighted by atomic mass is 10.00. The van der Waals surface area contributed by atoms with Crippen LogP contribution in [-0.2, 0) is 0 Å². The first-order chi connectivity index (χ1) is 25.3. The highest BCUT2D eigenvalue weighted by Gasteiger charge is 2.17. The molecule has 0 unspecified atom stereocenters. The third-order valence-electron chi connectivity index (χ3n) is 9.89. The Bertz CT molecular complexity index is 2830. The van der Waals surface area contributed by atoms with Gasteiger partial charge >= 0.3 is 0 Å². The van der Waals surface area contributed by atoms with Gasteiger partial charge in [0.25, 0.3) is 0 Å². The molecule has 2 nitrogen and oxygen atoms in total. The van der Waals surface area contributed by atoms with E-state index in [1.165, 1.54) is 31.3 Å². The fraction of sp³-hybridized carbons (Fsp3) is 0. The largest absolute Gasteiger partial charge is 0.455 e. The van der Waals surface area contributed by atoms with Crippen LogP contribution >= 0.6 is 11.3 Å². The van der Waals surface area contributed by atoms with Crippen molar-refractivity contribution in [3.63, 3.8) is 0 Å². The van der Waals surface area contributed by atoms with Crippen LogP contribution in [0.15, 0.2) is 192 Å². The van der Waals surface area contributed by atoms with Crippen molar-refractivity contribution >= 4 is 70.5 Å². The second-order valence-corrected chi connectivity index (χ2v) is 14.0. The summed E-state index contributed by atoms with van der Waals surface area (Å²) in [5, 5.41) is 4.87. The molecule has 0 bridgehead atoms. The van der Waals surface area contributed by atoms with Crippen molar-refractivity contribution < 1.29 is 4.42 Å². The maximum atomic E-state index is 6.46. The molecule has 2 aromatic heterocycles. The summed E-state index contributed by atoms with van der Waals surface area (Å²) in [4.78, 5) is 2.36. The zero-order valence-corrected chi connectivity index (χ0v) is 28.5. The third kappa shape index (κ3) is 5.18. The zero-order chi connectivity index (χ0) is 33.7. The lowest BCUT2D eigenvalue weighted by molar-refractivity contribution is 0.670. The molecular formula is C48H31NOS. The van der Waals surface area contributed by atoms with Crippen LogP contribution in [-0.4, -0.2) is 0 Å². The SMILES string of the molecule is c1ccc(-c2ccc(N(c3ccc(-c4ccc5oc6c(-c7ccccc7)cccc6c5c4)cc3)c3ccc4c(c3)sc3ccccc34)cc2)cc1. The molecule has 0 atom stereocenters. The molecule has 10 aromatic rings. The van der Waals surface area contributed by atoms with Crippen LogP contribution in [0.4, 0.5) is 17.1 Å². The van der Waals surface area contributed by atoms with E-state index in [2.05, 4.69) is 187 Å². The quantitative estimate of drug-likeness (QED) is 0.175. The first-order valence-corrected chi connectivity index (χ1v) is 18.1. The van der Waals surface area contributed by atoms with E-state index < -0.39 is 0 Å². The number of benzene rings is 8. The summed E-state index contributed by atoms with van der Waals surface area (Å²) in [5.41, 5.74) is 12.2. The van der Waals surface area contributed by atoms with E-state index in [0.717, 1.165) is 61.3 Å². The van der Waals surface area contributed by atoms with E-state index >= 15 is 0 Å². The molecule has 0 saturated carbocycles. The van der Waals surface area contributed by atoms with E-state index in [-0.39, 0.29) is 0 Å². The highest BCUT2D eigenvalue weighted by Crippen LogP contribution is 2.42. The molecule has 0 amide bonds. The molecule has 8 aromatic carbocycles. The van der Waals surface area contributed by atoms with Gasteiger partial charge in [-0.15, -0.1) is 11.3 Å². The van der Waals surface area contributed by atoms with Crippen LogP contribution in [0, 0.1) is 0 Å². The molecule has 51 heavy (non-hydrogen) atoms. The normalized spacial score (nSPS) is 11.5. The molecule has 0 aliphatic carbocycles. The number of furan rings is 1. The summed E-state index contributed by atoms with van der Waals surface area (Å²) in [6.45, 7) is 0. The number of anilines is 3. The first kappa shape index (κ1) is 29.5. The molecular weight excluding hydrogens is 639 g/mol. The number of hydrogen-bond donors (Lipinski definition) is 0. The van der Waals surface area contributed by atoms with Crippen molar-refractivity contribution in [3.8, 4) is 33.4 Å². The smallest absolute Gasteiger partial charge is 0.143 e. The summed E-state index contributed by atoms with van der Waals surface area (Å²) in [6.07, 6.45) is 0. The van der Waals surface area contributed by atoms with E-state index in [1.807, 2.05) is 17.4 Å². The topological polar surface area (TPSA) is 16.4 Å². The fourth-order valence-electron chi connectivity index (χ4n) is 7.36. The predicted octanol–water partition coefficient (Wildman–Crippen LogP) is 14.4. The number of rotatable bonds is 6. The number of thiophene rings is 1. The van der Waals surface area contributed by atoms with Gasteiger partial charge < -0.3 is 9.32 Å². The van der Waals surface area contributed by atoms with Crippen LogP contribution in [0.1, 0.15) is 0 Å². The average Bonchev–Trinajstić information content (AvgIpc) is 3.77. The lowest BCUT2D eigenvalue weighted by Crippen LogP contribution is -2.09. The number of fused-ring (bicyclic) bond motifs is 6. The number of hydrogen-bond acceptors (Lipinski definition) is 3. The van der Waals surface area contributed by atoms with E-state index in [4.69, 9.17) is 4.42 Å². The Morgan fingerprint density at radius 2 is 0.922 bits per heavy atom. The molecule has 0 aliphatic rings. The van der Waals surface area contributed by atoms with E-state index in [0.29, 0.717) is 0 Å². The monoisotopic (exact) mass is 669 g/mol. The van der Waals surface area contributed by atoms with Gasteiger partial charge in [0.1, 0.15) is 11.2 Å². The standard InChI is InChI=1S/C48H31NOS/c1-3-10-32(11-4-1)33-18-23-37(24-19-33)49(39-27-28-42-41-14-7-8-17-46(41)51-47(42)31-39)38-25-20-34(21-26-38)36-22-29-45-44(30-36)43-16-9-15-40(48(43)50-45)35-12-5-2-6-13-35/h1-31H. The van der Waals surface area contributed by atoms with E-state index in [1.54, 1.807) is 0 Å². The van der Waals surface area contributed by atoms with Gasteiger partial charge in [0, 0.05) is 53.6 Å². The molecule has 0 saturated heterocycles. The van der Waals surface area contributed by atoms with Gasteiger partial charge in [-0.1, -0.05) is 133 Å². The fourth-order valence-corrected chi connectivity index (χ4v) is 8.50. The number of nitrogens with zero attached hydrogens (tertiary/aromatic N) is 1. The Balaban J connectivity index is 1.05. The Hall–Kier alpha value is -6.42. The minimum Gasteiger partial charge on any atom is -0.455 e. The van der Waals surface area contributed by atoms with Crippen molar-refractivity contribution in [1.82, 2.24) is 0 Å². The average molecular weight is 670 g/mol. The molecule has 3 heteroatoms. The zero-order valence-electron chi connectivity index (χ0n) is 27.7. The second kappa shape index (κ2) is 12.2. The molecule has 10 rings (SSSR count). The van der Waals surface area contributed by atoms with Crippen LogP contribution in [0.2, 0.25) is 0 Å². The van der Waals surface area contributed by atoms with Gasteiger partial charge in [-0.05, 0) is 82.4 Å². The van der Waals surface area contributed by atoms with Gasteiger partial charge in [0.15, 0.2) is 0 Å². The summed E-state index contributed by atoms with van der Waals surface area (Å²) in [6, 6.07) is 67.4. The van der Waals surface area contributed by atoms with Crippen LogP contribution in [0.5, 0.6) is 0 Å². The molecule has 0 aliphatic heterocycles. The molecule has 0 radical (unpaired) electrons. The van der Waals surface area contributed by atoms with Crippen molar-refractivity contribution in [3.05, 3.63) is 188 Å². The maximum Gasteiger partial charge on any atom is 0.143 e. The number of para-hydroxylation sites is 1.